The quantitative estimate of drug-likeness (QED) is 0.514. The third-order valence-electron chi connectivity index (χ3n) is 5.13. The van der Waals surface area contributed by atoms with Gasteiger partial charge in [0.25, 0.3) is 5.91 Å². The van der Waals surface area contributed by atoms with Gasteiger partial charge < -0.3 is 10.1 Å². The summed E-state index contributed by atoms with van der Waals surface area (Å²) in [6, 6.07) is 7.34. The van der Waals surface area contributed by atoms with Gasteiger partial charge in [0.15, 0.2) is 12.4 Å². The second-order valence-corrected chi connectivity index (χ2v) is 9.55. The maximum atomic E-state index is 12.7. The number of nitrogens with one attached hydrogen (secondary N) is 1. The van der Waals surface area contributed by atoms with Crippen molar-refractivity contribution in [1.82, 2.24) is 4.31 Å². The normalized spacial score (nSPS) is 14.4. The molecule has 0 spiro atoms. The van der Waals surface area contributed by atoms with Gasteiger partial charge in [0, 0.05) is 24.8 Å². The van der Waals surface area contributed by atoms with Crippen molar-refractivity contribution >= 4 is 27.3 Å². The predicted molar refractivity (Wildman–Crippen MR) is 116 cm³/mol. The first-order chi connectivity index (χ1) is 14.6. The Labute approximate surface area is 181 Å². The van der Waals surface area contributed by atoms with Crippen LogP contribution in [-0.2, 0) is 14.8 Å². The van der Waals surface area contributed by atoms with E-state index in [4.69, 9.17) is 4.74 Å². The minimum absolute atomic E-state index is 0.163. The number of rotatable bonds is 7. The number of benzene rings is 2. The summed E-state index contributed by atoms with van der Waals surface area (Å²) in [5.41, 5.74) is 3.03. The standard InChI is InChI=1S/C21H25N3O6S/c1-14-10-15(2)21(16(3)11-14)22-20(25)13-30-19-7-6-17(12-18(19)24(26)27)31(28,29)23-8-4-5-9-23/h6-7,10-12H,4-5,8-9,13H2,1-3H3,(H,22,25). The molecule has 10 heteroatoms. The molecule has 3 rings (SSSR count). The van der Waals surface area contributed by atoms with Gasteiger partial charge in [-0.25, -0.2) is 8.42 Å². The van der Waals surface area contributed by atoms with E-state index in [1.165, 1.54) is 16.4 Å². The van der Waals surface area contributed by atoms with E-state index < -0.39 is 33.1 Å². The van der Waals surface area contributed by atoms with Crippen LogP contribution >= 0.6 is 0 Å². The van der Waals surface area contributed by atoms with Gasteiger partial charge in [-0.05, 0) is 56.9 Å². The van der Waals surface area contributed by atoms with Crippen molar-refractivity contribution in [3.8, 4) is 5.75 Å². The van der Waals surface area contributed by atoms with E-state index in [0.29, 0.717) is 18.8 Å². The van der Waals surface area contributed by atoms with Crippen molar-refractivity contribution in [2.24, 2.45) is 0 Å². The first-order valence-corrected chi connectivity index (χ1v) is 11.3. The molecule has 1 aliphatic heterocycles. The van der Waals surface area contributed by atoms with Gasteiger partial charge in [0.2, 0.25) is 10.0 Å². The molecule has 1 aliphatic rings. The summed E-state index contributed by atoms with van der Waals surface area (Å²) < 4.78 is 32.0. The third-order valence-corrected chi connectivity index (χ3v) is 7.02. The van der Waals surface area contributed by atoms with E-state index >= 15 is 0 Å². The zero-order valence-corrected chi connectivity index (χ0v) is 18.5. The highest BCUT2D eigenvalue weighted by Crippen LogP contribution is 2.32. The highest BCUT2D eigenvalue weighted by Gasteiger charge is 2.30. The molecule has 9 nitrogen and oxygen atoms in total. The predicted octanol–water partition coefficient (Wildman–Crippen LogP) is 3.32. The number of hydrogen-bond donors (Lipinski definition) is 1. The molecule has 1 saturated heterocycles. The van der Waals surface area contributed by atoms with Crippen LogP contribution in [0.2, 0.25) is 0 Å². The summed E-state index contributed by atoms with van der Waals surface area (Å²) in [6.07, 6.45) is 1.52. The second-order valence-electron chi connectivity index (χ2n) is 7.61. The van der Waals surface area contributed by atoms with Gasteiger partial charge in [-0.15, -0.1) is 0 Å². The number of amides is 1. The Bertz CT molecular complexity index is 1100. The van der Waals surface area contributed by atoms with Gasteiger partial charge >= 0.3 is 5.69 Å². The minimum atomic E-state index is -3.80. The molecule has 1 N–H and O–H groups in total. The second kappa shape index (κ2) is 9.03. The van der Waals surface area contributed by atoms with Gasteiger partial charge in [-0.2, -0.15) is 4.31 Å². The fourth-order valence-electron chi connectivity index (χ4n) is 3.70. The fraction of sp³-hybridized carbons (Fsp3) is 0.381. The third kappa shape index (κ3) is 5.02. The molecule has 31 heavy (non-hydrogen) atoms. The molecule has 1 heterocycles. The summed E-state index contributed by atoms with van der Waals surface area (Å²) in [5.74, 6) is -0.643. The highest BCUT2D eigenvalue weighted by molar-refractivity contribution is 7.89. The molecule has 2 aromatic rings. The summed E-state index contributed by atoms with van der Waals surface area (Å²) in [4.78, 5) is 23.0. The molecule has 0 saturated carbocycles. The first-order valence-electron chi connectivity index (χ1n) is 9.88. The summed E-state index contributed by atoms with van der Waals surface area (Å²) in [5, 5.41) is 14.3. The Balaban J connectivity index is 1.76. The number of nitro benzene ring substituents is 1. The Kier molecular flexibility index (Phi) is 6.61. The molecule has 1 amide bonds. The van der Waals surface area contributed by atoms with E-state index in [9.17, 15) is 23.3 Å². The first kappa shape index (κ1) is 22.7. The lowest BCUT2D eigenvalue weighted by Crippen LogP contribution is -2.28. The maximum Gasteiger partial charge on any atom is 0.312 e. The highest BCUT2D eigenvalue weighted by atomic mass is 32.2. The van der Waals surface area contributed by atoms with E-state index in [1.807, 2.05) is 32.9 Å². The lowest BCUT2D eigenvalue weighted by Gasteiger charge is -2.16. The smallest absolute Gasteiger partial charge is 0.312 e. The fourth-order valence-corrected chi connectivity index (χ4v) is 5.23. The monoisotopic (exact) mass is 447 g/mol. The van der Waals surface area contributed by atoms with E-state index in [0.717, 1.165) is 35.6 Å². The molecule has 2 aromatic carbocycles. The van der Waals surface area contributed by atoms with Crippen LogP contribution in [0.25, 0.3) is 0 Å². The van der Waals surface area contributed by atoms with Crippen LogP contribution in [0.5, 0.6) is 5.75 Å². The maximum absolute atomic E-state index is 12.7. The van der Waals surface area contributed by atoms with Crippen LogP contribution < -0.4 is 10.1 Å². The Morgan fingerprint density at radius 1 is 1.13 bits per heavy atom. The molecule has 0 aromatic heterocycles. The Morgan fingerprint density at radius 3 is 2.32 bits per heavy atom. The van der Waals surface area contributed by atoms with Crippen molar-refractivity contribution in [3.63, 3.8) is 0 Å². The van der Waals surface area contributed by atoms with Crippen LogP contribution in [-0.4, -0.2) is 43.2 Å². The van der Waals surface area contributed by atoms with Crippen LogP contribution in [0.4, 0.5) is 11.4 Å². The van der Waals surface area contributed by atoms with Gasteiger partial charge in [-0.3, -0.25) is 14.9 Å². The SMILES string of the molecule is Cc1cc(C)c(NC(=O)COc2ccc(S(=O)(=O)N3CCCC3)cc2[N+](=O)[O-])c(C)c1. The number of nitrogens with zero attached hydrogens (tertiary/aromatic N) is 2. The van der Waals surface area contributed by atoms with Crippen molar-refractivity contribution in [1.29, 1.82) is 0 Å². The molecule has 1 fully saturated rings. The zero-order valence-electron chi connectivity index (χ0n) is 17.7. The average Bonchev–Trinajstić information content (AvgIpc) is 3.24. The zero-order chi connectivity index (χ0) is 22.8. The minimum Gasteiger partial charge on any atom is -0.477 e. The molecule has 0 unspecified atom stereocenters. The van der Waals surface area contributed by atoms with Gasteiger partial charge in [-0.1, -0.05) is 17.7 Å². The lowest BCUT2D eigenvalue weighted by atomic mass is 10.1. The number of ether oxygens (including phenoxy) is 1. The number of carbonyl (C=O) groups is 1. The van der Waals surface area contributed by atoms with Gasteiger partial charge in [0.05, 0.1) is 9.82 Å². The molecule has 0 aliphatic carbocycles. The summed E-state index contributed by atoms with van der Waals surface area (Å²) in [6.45, 7) is 6.05. The lowest BCUT2D eigenvalue weighted by molar-refractivity contribution is -0.386. The Hall–Kier alpha value is -2.98. The average molecular weight is 448 g/mol. The van der Waals surface area contributed by atoms with Crippen molar-refractivity contribution in [3.05, 3.63) is 57.1 Å². The van der Waals surface area contributed by atoms with Crippen LogP contribution in [0.1, 0.15) is 29.5 Å². The number of sulfonamides is 1. The molecule has 0 atom stereocenters. The molecule has 0 radical (unpaired) electrons. The number of hydrogen-bond acceptors (Lipinski definition) is 6. The molecular weight excluding hydrogens is 422 g/mol. The summed E-state index contributed by atoms with van der Waals surface area (Å²) in [7, 11) is -3.80. The van der Waals surface area contributed by atoms with Gasteiger partial charge in [0.1, 0.15) is 0 Å². The largest absolute Gasteiger partial charge is 0.477 e. The van der Waals surface area contributed by atoms with Crippen molar-refractivity contribution < 1.29 is 22.9 Å². The number of nitro groups is 1. The van der Waals surface area contributed by atoms with Crippen molar-refractivity contribution in [2.75, 3.05) is 25.0 Å². The molecule has 0 bridgehead atoms. The van der Waals surface area contributed by atoms with E-state index in [1.54, 1.807) is 0 Å². The van der Waals surface area contributed by atoms with Crippen LogP contribution in [0.3, 0.4) is 0 Å². The number of carbonyl (C=O) groups excluding carboxylic acids is 1. The molecular formula is C21H25N3O6S. The number of anilines is 1. The number of aryl methyl sites for hydroxylation is 3. The van der Waals surface area contributed by atoms with Crippen molar-refractivity contribution in [2.45, 2.75) is 38.5 Å². The summed E-state index contributed by atoms with van der Waals surface area (Å²) >= 11 is 0. The van der Waals surface area contributed by atoms with E-state index in [2.05, 4.69) is 5.32 Å². The topological polar surface area (TPSA) is 119 Å². The Morgan fingerprint density at radius 2 is 1.74 bits per heavy atom. The van der Waals surface area contributed by atoms with E-state index in [-0.39, 0.29) is 10.6 Å². The molecule has 166 valence electrons. The van der Waals surface area contributed by atoms with Crippen LogP contribution in [0, 0.1) is 30.9 Å². The van der Waals surface area contributed by atoms with Crippen LogP contribution in [0.15, 0.2) is 35.2 Å².